The van der Waals surface area contributed by atoms with E-state index in [2.05, 4.69) is 15.0 Å². The lowest BCUT2D eigenvalue weighted by atomic mass is 10.2. The van der Waals surface area contributed by atoms with Gasteiger partial charge in [-0.3, -0.25) is 4.79 Å². The Morgan fingerprint density at radius 1 is 1.53 bits per heavy atom. The van der Waals surface area contributed by atoms with Crippen molar-refractivity contribution in [2.24, 2.45) is 5.73 Å². The molecule has 5 N–H and O–H groups in total. The lowest BCUT2D eigenvalue weighted by Gasteiger charge is -2.06. The number of nitrogens with zero attached hydrogens (tertiary/aromatic N) is 1. The van der Waals surface area contributed by atoms with E-state index in [-0.39, 0.29) is 24.5 Å². The summed E-state index contributed by atoms with van der Waals surface area (Å²) >= 11 is 0. The third-order valence-electron chi connectivity index (χ3n) is 1.76. The number of halogens is 1. The Morgan fingerprint density at radius 3 is 2.88 bits per heavy atom. The molecule has 0 saturated carbocycles. The van der Waals surface area contributed by atoms with Gasteiger partial charge in [0.15, 0.2) is 0 Å². The van der Waals surface area contributed by atoms with E-state index in [1.165, 1.54) is 0 Å². The first-order chi connectivity index (χ1) is 8.00. The average molecular weight is 242 g/mol. The van der Waals surface area contributed by atoms with Crippen LogP contribution in [0.3, 0.4) is 0 Å². The molecule has 92 valence electrons. The number of anilines is 1. The monoisotopic (exact) mass is 242 g/mol. The van der Waals surface area contributed by atoms with Crippen molar-refractivity contribution >= 4 is 17.8 Å². The number of primary amides is 1. The predicted molar refractivity (Wildman–Crippen MR) is 56.5 cm³/mol. The molecule has 0 aliphatic rings. The highest BCUT2D eigenvalue weighted by molar-refractivity contribution is 5.98. The van der Waals surface area contributed by atoms with Crippen LogP contribution in [0.15, 0.2) is 12.3 Å². The molecule has 7 nitrogen and oxygen atoms in total. The Morgan fingerprint density at radius 2 is 2.24 bits per heavy atom. The van der Waals surface area contributed by atoms with Gasteiger partial charge < -0.3 is 21.5 Å². The lowest BCUT2D eigenvalue weighted by Crippen LogP contribution is -2.29. The van der Waals surface area contributed by atoms with E-state index < -0.39 is 17.8 Å². The number of carbonyl (C=O) groups is 2. The van der Waals surface area contributed by atoms with Crippen LogP contribution in [-0.4, -0.2) is 30.1 Å². The molecule has 0 spiro atoms. The molecule has 17 heavy (non-hydrogen) atoms. The van der Waals surface area contributed by atoms with E-state index in [0.29, 0.717) is 0 Å². The van der Waals surface area contributed by atoms with Crippen molar-refractivity contribution in [3.8, 4) is 0 Å². The van der Waals surface area contributed by atoms with Crippen LogP contribution < -0.4 is 16.8 Å². The fourth-order valence-corrected chi connectivity index (χ4v) is 1.04. The number of carbonyl (C=O) groups excluding carboxylic acids is 2. The molecule has 0 aliphatic heterocycles. The number of aromatic nitrogens is 1. The standard InChI is InChI=1S/C9H11FN4O3/c10-5-3-6(7(11)14-4-5)8(15)13-1-2-17-9(12)16/h3-4H,1-2H2,(H2,11,14)(H2,12,16)(H,13,15). The van der Waals surface area contributed by atoms with Crippen LogP contribution in [0.4, 0.5) is 15.0 Å². The Hall–Kier alpha value is -2.38. The van der Waals surface area contributed by atoms with Gasteiger partial charge in [0.2, 0.25) is 0 Å². The largest absolute Gasteiger partial charge is 0.448 e. The van der Waals surface area contributed by atoms with Crippen LogP contribution in [0.5, 0.6) is 0 Å². The highest BCUT2D eigenvalue weighted by atomic mass is 19.1. The molecule has 2 amide bonds. The average Bonchev–Trinajstić information content (AvgIpc) is 2.27. The summed E-state index contributed by atoms with van der Waals surface area (Å²) in [5.41, 5.74) is 10.0. The molecule has 0 unspecified atom stereocenters. The molecule has 1 aromatic rings. The Labute approximate surface area is 95.9 Å². The maximum Gasteiger partial charge on any atom is 0.404 e. The number of nitrogens with two attached hydrogens (primary N) is 2. The second-order valence-corrected chi connectivity index (χ2v) is 3.01. The first-order valence-electron chi connectivity index (χ1n) is 4.62. The van der Waals surface area contributed by atoms with Crippen molar-refractivity contribution < 1.29 is 18.7 Å². The van der Waals surface area contributed by atoms with Gasteiger partial charge in [0, 0.05) is 0 Å². The van der Waals surface area contributed by atoms with Crippen molar-refractivity contribution in [1.82, 2.24) is 10.3 Å². The Balaban J connectivity index is 2.52. The number of amides is 2. The van der Waals surface area contributed by atoms with Crippen molar-refractivity contribution in [2.45, 2.75) is 0 Å². The van der Waals surface area contributed by atoms with Gasteiger partial charge in [0.25, 0.3) is 5.91 Å². The number of hydrogen-bond donors (Lipinski definition) is 3. The Kier molecular flexibility index (Phi) is 4.21. The van der Waals surface area contributed by atoms with Crippen molar-refractivity contribution in [3.63, 3.8) is 0 Å². The number of pyridine rings is 1. The summed E-state index contributed by atoms with van der Waals surface area (Å²) in [6, 6.07) is 0.965. The van der Waals surface area contributed by atoms with Gasteiger partial charge in [0.1, 0.15) is 18.2 Å². The molecule has 0 atom stereocenters. The van der Waals surface area contributed by atoms with Gasteiger partial charge in [-0.15, -0.1) is 0 Å². The second-order valence-electron chi connectivity index (χ2n) is 3.01. The first-order valence-corrected chi connectivity index (χ1v) is 4.62. The highest BCUT2D eigenvalue weighted by Gasteiger charge is 2.11. The zero-order valence-corrected chi connectivity index (χ0v) is 8.77. The van der Waals surface area contributed by atoms with Gasteiger partial charge in [0.05, 0.1) is 18.3 Å². The predicted octanol–water partition coefficient (Wildman–Crippen LogP) is -0.372. The van der Waals surface area contributed by atoms with E-state index in [9.17, 15) is 14.0 Å². The highest BCUT2D eigenvalue weighted by Crippen LogP contribution is 2.09. The number of nitrogens with one attached hydrogen (secondary N) is 1. The lowest BCUT2D eigenvalue weighted by molar-refractivity contribution is 0.0937. The molecule has 0 aromatic carbocycles. The van der Waals surface area contributed by atoms with E-state index in [4.69, 9.17) is 11.5 Å². The van der Waals surface area contributed by atoms with Crippen molar-refractivity contribution in [1.29, 1.82) is 0 Å². The van der Waals surface area contributed by atoms with Gasteiger partial charge >= 0.3 is 6.09 Å². The number of hydrogen-bond acceptors (Lipinski definition) is 5. The van der Waals surface area contributed by atoms with E-state index in [1.54, 1.807) is 0 Å². The smallest absolute Gasteiger partial charge is 0.404 e. The zero-order chi connectivity index (χ0) is 12.8. The molecule has 0 bridgehead atoms. The molecular weight excluding hydrogens is 231 g/mol. The number of rotatable bonds is 4. The minimum atomic E-state index is -0.939. The van der Waals surface area contributed by atoms with Crippen LogP contribution in [0.1, 0.15) is 10.4 Å². The summed E-state index contributed by atoms with van der Waals surface area (Å²) in [5.74, 6) is -1.36. The van der Waals surface area contributed by atoms with Crippen LogP contribution >= 0.6 is 0 Å². The van der Waals surface area contributed by atoms with Crippen molar-refractivity contribution in [2.75, 3.05) is 18.9 Å². The summed E-state index contributed by atoms with van der Waals surface area (Å²) in [7, 11) is 0. The van der Waals surface area contributed by atoms with Gasteiger partial charge in [-0.25, -0.2) is 14.2 Å². The normalized spacial score (nSPS) is 9.71. The molecule has 1 heterocycles. The summed E-state index contributed by atoms with van der Waals surface area (Å²) in [6.45, 7) is -0.0402. The fraction of sp³-hybridized carbons (Fsp3) is 0.222. The summed E-state index contributed by atoms with van der Waals surface area (Å²) in [4.78, 5) is 25.2. The molecule has 1 aromatic heterocycles. The van der Waals surface area contributed by atoms with Crippen molar-refractivity contribution in [3.05, 3.63) is 23.6 Å². The third-order valence-corrected chi connectivity index (χ3v) is 1.76. The minimum Gasteiger partial charge on any atom is -0.448 e. The summed E-state index contributed by atoms with van der Waals surface area (Å²) in [5, 5.41) is 2.36. The quantitative estimate of drug-likeness (QED) is 0.622. The van der Waals surface area contributed by atoms with E-state index >= 15 is 0 Å². The fourth-order valence-electron chi connectivity index (χ4n) is 1.04. The third kappa shape index (κ3) is 3.93. The van der Waals surface area contributed by atoms with Crippen LogP contribution in [0.25, 0.3) is 0 Å². The van der Waals surface area contributed by atoms with E-state index in [0.717, 1.165) is 12.3 Å². The molecular formula is C9H11FN4O3. The second kappa shape index (κ2) is 5.64. The first kappa shape index (κ1) is 12.7. The molecule has 0 aliphatic carbocycles. The van der Waals surface area contributed by atoms with Crippen LogP contribution in [0.2, 0.25) is 0 Å². The molecule has 0 radical (unpaired) electrons. The maximum absolute atomic E-state index is 12.8. The van der Waals surface area contributed by atoms with Gasteiger partial charge in [-0.2, -0.15) is 0 Å². The number of ether oxygens (including phenoxy) is 1. The molecule has 0 fully saturated rings. The SMILES string of the molecule is NC(=O)OCCNC(=O)c1cc(F)cnc1N. The summed E-state index contributed by atoms with van der Waals surface area (Å²) in [6.07, 6.45) is -0.0336. The van der Waals surface area contributed by atoms with E-state index in [1.807, 2.05) is 0 Å². The van der Waals surface area contributed by atoms with Gasteiger partial charge in [-0.1, -0.05) is 0 Å². The van der Waals surface area contributed by atoms with Crippen LogP contribution in [-0.2, 0) is 4.74 Å². The molecule has 0 saturated heterocycles. The Bertz CT molecular complexity index is 438. The number of nitrogen functional groups attached to an aromatic ring is 1. The molecule has 8 heteroatoms. The minimum absolute atomic E-state index is 0.0394. The van der Waals surface area contributed by atoms with Crippen LogP contribution in [0, 0.1) is 5.82 Å². The van der Waals surface area contributed by atoms with Gasteiger partial charge in [-0.05, 0) is 6.07 Å². The zero-order valence-electron chi connectivity index (χ0n) is 8.77. The maximum atomic E-state index is 12.8. The topological polar surface area (TPSA) is 120 Å². The molecule has 1 rings (SSSR count). The summed E-state index contributed by atoms with van der Waals surface area (Å²) < 4.78 is 17.2.